The summed E-state index contributed by atoms with van der Waals surface area (Å²) in [5.41, 5.74) is 6.32. The van der Waals surface area contributed by atoms with Gasteiger partial charge in [-0.3, -0.25) is 0 Å². The number of nitrogens with two attached hydrogens (primary N) is 1. The molecule has 98 valence electrons. The first-order valence-electron chi connectivity index (χ1n) is 5.62. The van der Waals surface area contributed by atoms with Crippen LogP contribution in [-0.2, 0) is 0 Å². The van der Waals surface area contributed by atoms with E-state index in [4.69, 9.17) is 17.3 Å². The second kappa shape index (κ2) is 4.67. The Morgan fingerprint density at radius 3 is 3.05 bits per heavy atom. The summed E-state index contributed by atoms with van der Waals surface area (Å²) in [6.07, 6.45) is 1.81. The zero-order valence-corrected chi connectivity index (χ0v) is 11.6. The number of hydrogen-bond acceptors (Lipinski definition) is 6. The lowest BCUT2D eigenvalue weighted by Crippen LogP contribution is -2.07. The van der Waals surface area contributed by atoms with Gasteiger partial charge in [0.2, 0.25) is 5.13 Å². The van der Waals surface area contributed by atoms with E-state index in [1.54, 1.807) is 6.07 Å². The van der Waals surface area contributed by atoms with Crippen LogP contribution >= 0.6 is 22.9 Å². The Kier molecular flexibility index (Phi) is 3.00. The summed E-state index contributed by atoms with van der Waals surface area (Å²) in [6.45, 7) is 1.97. The molecule has 0 radical (unpaired) electrons. The van der Waals surface area contributed by atoms with Crippen LogP contribution in [0.5, 0.6) is 0 Å². The van der Waals surface area contributed by atoms with Crippen molar-refractivity contribution in [2.75, 3.05) is 11.1 Å². The zero-order chi connectivity index (χ0) is 13.4. The molecule has 8 heteroatoms. The predicted molar refractivity (Wildman–Crippen MR) is 77.5 cm³/mol. The van der Waals surface area contributed by atoms with Crippen molar-refractivity contribution >= 4 is 44.9 Å². The van der Waals surface area contributed by atoms with Crippen LogP contribution in [0.15, 0.2) is 18.3 Å². The molecule has 0 amide bonds. The molecule has 3 rings (SSSR count). The van der Waals surface area contributed by atoms with Gasteiger partial charge < -0.3 is 16.0 Å². The maximum Gasteiger partial charge on any atom is 0.203 e. The number of H-pyrrole nitrogens is 1. The molecule has 0 saturated heterocycles. The minimum absolute atomic E-state index is 0.0363. The SMILES string of the molecule is C[C@H](Nc1cc(Cl)c2cc[nH]c2n1)c1nnc(N)s1. The molecule has 0 aliphatic heterocycles. The number of rotatable bonds is 3. The smallest absolute Gasteiger partial charge is 0.203 e. The number of pyridine rings is 1. The first-order chi connectivity index (χ1) is 9.13. The quantitative estimate of drug-likeness (QED) is 0.691. The first-order valence-corrected chi connectivity index (χ1v) is 6.82. The number of nitrogens with one attached hydrogen (secondary N) is 2. The van der Waals surface area contributed by atoms with Crippen molar-refractivity contribution in [1.29, 1.82) is 0 Å². The van der Waals surface area contributed by atoms with Crippen LogP contribution in [0.2, 0.25) is 5.02 Å². The molecule has 6 nitrogen and oxygen atoms in total. The Balaban J connectivity index is 1.88. The molecule has 3 aromatic heterocycles. The van der Waals surface area contributed by atoms with Gasteiger partial charge >= 0.3 is 0 Å². The van der Waals surface area contributed by atoms with E-state index in [0.717, 1.165) is 16.0 Å². The number of anilines is 2. The van der Waals surface area contributed by atoms with E-state index in [9.17, 15) is 0 Å². The van der Waals surface area contributed by atoms with Crippen LogP contribution in [0, 0.1) is 0 Å². The van der Waals surface area contributed by atoms with E-state index < -0.39 is 0 Å². The van der Waals surface area contributed by atoms with Crippen molar-refractivity contribution in [3.63, 3.8) is 0 Å². The molecular formula is C11H11ClN6S. The summed E-state index contributed by atoms with van der Waals surface area (Å²) in [5, 5.41) is 13.8. The van der Waals surface area contributed by atoms with Gasteiger partial charge in [0, 0.05) is 11.6 Å². The predicted octanol–water partition coefficient (Wildman–Crippen LogP) is 2.82. The molecule has 0 fully saturated rings. The van der Waals surface area contributed by atoms with Gasteiger partial charge in [-0.15, -0.1) is 10.2 Å². The van der Waals surface area contributed by atoms with Gasteiger partial charge in [0.25, 0.3) is 0 Å². The normalized spacial score (nSPS) is 12.7. The number of halogens is 1. The fourth-order valence-corrected chi connectivity index (χ4v) is 2.64. The van der Waals surface area contributed by atoms with Gasteiger partial charge in [-0.25, -0.2) is 4.98 Å². The van der Waals surface area contributed by atoms with Crippen LogP contribution in [0.25, 0.3) is 11.0 Å². The molecule has 3 aromatic rings. The Bertz CT molecular complexity index is 721. The lowest BCUT2D eigenvalue weighted by Gasteiger charge is -2.11. The van der Waals surface area contributed by atoms with E-state index in [1.165, 1.54) is 11.3 Å². The summed E-state index contributed by atoms with van der Waals surface area (Å²) in [7, 11) is 0. The standard InChI is InChI=1S/C11H11ClN6S/c1-5(10-17-18-11(13)19-10)15-8-4-7(12)6-2-3-14-9(6)16-8/h2-5H,1H3,(H2,13,18)(H2,14,15,16)/t5-/m0/s1. The highest BCUT2D eigenvalue weighted by Gasteiger charge is 2.13. The molecule has 0 aromatic carbocycles. The van der Waals surface area contributed by atoms with E-state index >= 15 is 0 Å². The number of aromatic nitrogens is 4. The maximum absolute atomic E-state index is 6.19. The van der Waals surface area contributed by atoms with Crippen LogP contribution in [-0.4, -0.2) is 20.2 Å². The van der Waals surface area contributed by atoms with Gasteiger partial charge in [0.05, 0.1) is 11.1 Å². The van der Waals surface area contributed by atoms with E-state index in [0.29, 0.717) is 16.0 Å². The Hall–Kier alpha value is -1.86. The monoisotopic (exact) mass is 294 g/mol. The maximum atomic E-state index is 6.19. The fourth-order valence-electron chi connectivity index (χ4n) is 1.78. The van der Waals surface area contributed by atoms with Gasteiger partial charge in [0.1, 0.15) is 16.5 Å². The Morgan fingerprint density at radius 1 is 1.47 bits per heavy atom. The molecule has 0 spiro atoms. The highest BCUT2D eigenvalue weighted by molar-refractivity contribution is 7.15. The number of nitrogens with zero attached hydrogens (tertiary/aromatic N) is 3. The van der Waals surface area contributed by atoms with Crippen molar-refractivity contribution in [2.24, 2.45) is 0 Å². The molecule has 0 saturated carbocycles. The number of fused-ring (bicyclic) bond motifs is 1. The lowest BCUT2D eigenvalue weighted by atomic mass is 10.3. The molecule has 3 heterocycles. The van der Waals surface area contributed by atoms with Crippen molar-refractivity contribution in [2.45, 2.75) is 13.0 Å². The van der Waals surface area contributed by atoms with Crippen molar-refractivity contribution in [1.82, 2.24) is 20.2 Å². The fraction of sp³-hybridized carbons (Fsp3) is 0.182. The van der Waals surface area contributed by atoms with Crippen LogP contribution in [0.3, 0.4) is 0 Å². The molecule has 0 aliphatic carbocycles. The zero-order valence-electron chi connectivity index (χ0n) is 10.0. The van der Waals surface area contributed by atoms with Crippen molar-refractivity contribution < 1.29 is 0 Å². The lowest BCUT2D eigenvalue weighted by molar-refractivity contribution is 0.835. The summed E-state index contributed by atoms with van der Waals surface area (Å²) in [5.74, 6) is 0.682. The summed E-state index contributed by atoms with van der Waals surface area (Å²) in [6, 6.07) is 3.65. The van der Waals surface area contributed by atoms with E-state index in [-0.39, 0.29) is 6.04 Å². The third kappa shape index (κ3) is 2.34. The number of aromatic amines is 1. The van der Waals surface area contributed by atoms with Gasteiger partial charge in [0.15, 0.2) is 0 Å². The third-order valence-electron chi connectivity index (χ3n) is 2.67. The number of hydrogen-bond donors (Lipinski definition) is 3. The second-order valence-corrected chi connectivity index (χ2v) is 5.52. The van der Waals surface area contributed by atoms with Gasteiger partial charge in [-0.1, -0.05) is 22.9 Å². The average Bonchev–Trinajstić information content (AvgIpc) is 2.97. The molecule has 0 bridgehead atoms. The summed E-state index contributed by atoms with van der Waals surface area (Å²) < 4.78 is 0. The minimum Gasteiger partial charge on any atom is -0.374 e. The Morgan fingerprint density at radius 2 is 2.32 bits per heavy atom. The molecule has 0 unspecified atom stereocenters. The van der Waals surface area contributed by atoms with Crippen molar-refractivity contribution in [3.05, 3.63) is 28.4 Å². The third-order valence-corrected chi connectivity index (χ3v) is 3.92. The van der Waals surface area contributed by atoms with Gasteiger partial charge in [-0.2, -0.15) is 0 Å². The largest absolute Gasteiger partial charge is 0.374 e. The van der Waals surface area contributed by atoms with Crippen LogP contribution in [0.4, 0.5) is 10.9 Å². The molecule has 19 heavy (non-hydrogen) atoms. The highest BCUT2D eigenvalue weighted by Crippen LogP contribution is 2.27. The highest BCUT2D eigenvalue weighted by atomic mass is 35.5. The van der Waals surface area contributed by atoms with Crippen LogP contribution < -0.4 is 11.1 Å². The molecule has 0 aliphatic rings. The van der Waals surface area contributed by atoms with E-state index in [1.807, 2.05) is 19.2 Å². The topological polar surface area (TPSA) is 92.5 Å². The number of nitrogen functional groups attached to an aromatic ring is 1. The summed E-state index contributed by atoms with van der Waals surface area (Å²) >= 11 is 7.54. The molecular weight excluding hydrogens is 284 g/mol. The average molecular weight is 295 g/mol. The summed E-state index contributed by atoms with van der Waals surface area (Å²) in [4.78, 5) is 7.48. The van der Waals surface area contributed by atoms with Crippen LogP contribution in [0.1, 0.15) is 18.0 Å². The molecule has 1 atom stereocenters. The molecule has 4 N–H and O–H groups in total. The van der Waals surface area contributed by atoms with Gasteiger partial charge in [-0.05, 0) is 19.1 Å². The first kappa shape index (κ1) is 12.2. The second-order valence-electron chi connectivity index (χ2n) is 4.07. The Labute approximate surface area is 118 Å². The van der Waals surface area contributed by atoms with E-state index in [2.05, 4.69) is 25.5 Å². The minimum atomic E-state index is -0.0363. The van der Waals surface area contributed by atoms with Crippen molar-refractivity contribution in [3.8, 4) is 0 Å².